The van der Waals surface area contributed by atoms with Crippen LogP contribution in [0.3, 0.4) is 0 Å². The molecule has 8 nitrogen and oxygen atoms in total. The monoisotopic (exact) mass is 485 g/mol. The van der Waals surface area contributed by atoms with Crippen LogP contribution in [-0.4, -0.2) is 63.7 Å². The van der Waals surface area contributed by atoms with E-state index in [2.05, 4.69) is 37.5 Å². The van der Waals surface area contributed by atoms with E-state index in [1.807, 2.05) is 24.0 Å². The van der Waals surface area contributed by atoms with E-state index in [0.29, 0.717) is 28.1 Å². The van der Waals surface area contributed by atoms with Gasteiger partial charge in [-0.2, -0.15) is 5.10 Å². The molecule has 0 radical (unpaired) electrons. The molecule has 2 aromatic heterocycles. The fourth-order valence-corrected chi connectivity index (χ4v) is 5.31. The zero-order valence-corrected chi connectivity index (χ0v) is 20.4. The number of hydrogen-bond acceptors (Lipinski definition) is 6. The molecule has 184 valence electrons. The third-order valence-electron chi connectivity index (χ3n) is 7.38. The molecule has 0 atom stereocenters. The number of H-pyrrole nitrogens is 1. The van der Waals surface area contributed by atoms with E-state index in [0.717, 1.165) is 73.6 Å². The summed E-state index contributed by atoms with van der Waals surface area (Å²) in [5.74, 6) is 0.208. The molecule has 1 amide bonds. The first kappa shape index (κ1) is 22.6. The molecule has 1 fully saturated rings. The Labute approximate surface area is 208 Å². The smallest absolute Gasteiger partial charge is 0.219 e. The fraction of sp³-hybridized carbons (Fsp3) is 0.333. The van der Waals surface area contributed by atoms with Crippen molar-refractivity contribution < 1.29 is 9.18 Å². The van der Waals surface area contributed by atoms with Gasteiger partial charge in [0.05, 0.1) is 11.8 Å². The summed E-state index contributed by atoms with van der Waals surface area (Å²) in [7, 11) is 0. The van der Waals surface area contributed by atoms with Crippen LogP contribution in [0.1, 0.15) is 23.6 Å². The third-order valence-corrected chi connectivity index (χ3v) is 7.38. The third kappa shape index (κ3) is 3.89. The van der Waals surface area contributed by atoms with Gasteiger partial charge in [0.1, 0.15) is 22.5 Å². The second-order valence-corrected chi connectivity index (χ2v) is 9.49. The second-order valence-electron chi connectivity index (χ2n) is 9.49. The van der Waals surface area contributed by atoms with Gasteiger partial charge in [-0.3, -0.25) is 9.89 Å². The Balaban J connectivity index is 1.32. The van der Waals surface area contributed by atoms with Gasteiger partial charge in [-0.1, -0.05) is 12.1 Å². The van der Waals surface area contributed by atoms with Gasteiger partial charge in [-0.05, 0) is 54.8 Å². The van der Waals surface area contributed by atoms with Crippen LogP contribution in [-0.2, 0) is 17.8 Å². The van der Waals surface area contributed by atoms with E-state index in [9.17, 15) is 4.79 Å². The summed E-state index contributed by atoms with van der Waals surface area (Å²) in [4.78, 5) is 25.0. The average Bonchev–Trinajstić information content (AvgIpc) is 3.32. The molecule has 0 unspecified atom stereocenters. The number of fused-ring (bicyclic) bond motifs is 2. The predicted molar refractivity (Wildman–Crippen MR) is 137 cm³/mol. The van der Waals surface area contributed by atoms with E-state index < -0.39 is 0 Å². The first-order valence-corrected chi connectivity index (χ1v) is 12.3. The summed E-state index contributed by atoms with van der Waals surface area (Å²) in [6, 6.07) is 9.83. The Hall–Kier alpha value is -3.85. The minimum absolute atomic E-state index is 0.124. The number of nitrogens with zero attached hydrogens (tertiary/aromatic N) is 5. The molecule has 9 heteroatoms. The number of halogens is 1. The Morgan fingerprint density at radius 2 is 1.89 bits per heavy atom. The van der Waals surface area contributed by atoms with Crippen molar-refractivity contribution in [1.82, 2.24) is 30.4 Å². The molecule has 0 spiro atoms. The lowest BCUT2D eigenvalue weighted by Gasteiger charge is -2.35. The highest BCUT2D eigenvalue weighted by Gasteiger charge is 2.22. The van der Waals surface area contributed by atoms with Gasteiger partial charge < -0.3 is 15.1 Å². The highest BCUT2D eigenvalue weighted by molar-refractivity contribution is 5.90. The number of carbonyl (C=O) groups excluding carboxylic acids is 1. The normalized spacial score (nSPS) is 15.9. The number of aromatic amines is 1. The van der Waals surface area contributed by atoms with Crippen LogP contribution in [0.2, 0.25) is 0 Å². The zero-order valence-electron chi connectivity index (χ0n) is 20.4. The zero-order chi connectivity index (χ0) is 24.8. The molecule has 2 N–H and O–H groups in total. The van der Waals surface area contributed by atoms with Crippen molar-refractivity contribution in [3.8, 4) is 22.6 Å². The number of anilines is 1. The van der Waals surface area contributed by atoms with Gasteiger partial charge in [0.2, 0.25) is 5.91 Å². The quantitative estimate of drug-likeness (QED) is 0.462. The number of rotatable bonds is 3. The first-order valence-electron chi connectivity index (χ1n) is 12.3. The number of hydrogen-bond donors (Lipinski definition) is 2. The Kier molecular flexibility index (Phi) is 5.64. The molecule has 36 heavy (non-hydrogen) atoms. The van der Waals surface area contributed by atoms with Crippen molar-refractivity contribution >= 4 is 22.6 Å². The molecule has 0 saturated carbocycles. The molecule has 2 aliphatic heterocycles. The van der Waals surface area contributed by atoms with Gasteiger partial charge in [0.25, 0.3) is 0 Å². The summed E-state index contributed by atoms with van der Waals surface area (Å²) >= 11 is 0. The average molecular weight is 486 g/mol. The summed E-state index contributed by atoms with van der Waals surface area (Å²) in [5, 5.41) is 10.9. The summed E-state index contributed by atoms with van der Waals surface area (Å²) in [5.41, 5.74) is 7.63. The Morgan fingerprint density at radius 1 is 1.11 bits per heavy atom. The van der Waals surface area contributed by atoms with Crippen LogP contribution in [0.25, 0.3) is 33.7 Å². The maximum Gasteiger partial charge on any atom is 0.219 e. The predicted octanol–water partition coefficient (Wildman–Crippen LogP) is 3.45. The number of piperazine rings is 1. The van der Waals surface area contributed by atoms with Crippen LogP contribution in [0.15, 0.2) is 36.5 Å². The van der Waals surface area contributed by atoms with Crippen LogP contribution < -0.4 is 10.2 Å². The van der Waals surface area contributed by atoms with Crippen LogP contribution in [0.5, 0.6) is 0 Å². The summed E-state index contributed by atoms with van der Waals surface area (Å²) in [6.45, 7) is 8.23. The van der Waals surface area contributed by atoms with Gasteiger partial charge >= 0.3 is 0 Å². The van der Waals surface area contributed by atoms with Gasteiger partial charge in [0.15, 0.2) is 5.82 Å². The van der Waals surface area contributed by atoms with Crippen molar-refractivity contribution in [3.05, 3.63) is 59.0 Å². The van der Waals surface area contributed by atoms with Crippen molar-refractivity contribution in [2.75, 3.05) is 37.6 Å². The molecular weight excluding hydrogens is 457 g/mol. The number of aromatic nitrogens is 4. The van der Waals surface area contributed by atoms with Gasteiger partial charge in [-0.15, -0.1) is 0 Å². The molecule has 0 aliphatic carbocycles. The second kappa shape index (κ2) is 8.98. The van der Waals surface area contributed by atoms with Crippen LogP contribution in [0.4, 0.5) is 10.1 Å². The van der Waals surface area contributed by atoms with Crippen LogP contribution in [0, 0.1) is 12.7 Å². The van der Waals surface area contributed by atoms with Crippen molar-refractivity contribution in [3.63, 3.8) is 0 Å². The number of benzene rings is 2. The van der Waals surface area contributed by atoms with Gasteiger partial charge in [0, 0.05) is 50.9 Å². The maximum atomic E-state index is 15.2. The minimum atomic E-state index is -0.285. The maximum absolute atomic E-state index is 15.2. The number of carbonyl (C=O) groups is 1. The fourth-order valence-electron chi connectivity index (χ4n) is 5.31. The molecule has 0 bridgehead atoms. The van der Waals surface area contributed by atoms with E-state index in [1.165, 1.54) is 0 Å². The Bertz CT molecular complexity index is 1460. The van der Waals surface area contributed by atoms with E-state index in [4.69, 9.17) is 4.98 Å². The highest BCUT2D eigenvalue weighted by atomic mass is 19.1. The lowest BCUT2D eigenvalue weighted by molar-refractivity contribution is -0.129. The van der Waals surface area contributed by atoms with E-state index in [-0.39, 0.29) is 11.7 Å². The molecular formula is C27H28FN7O. The van der Waals surface area contributed by atoms with E-state index in [1.54, 1.807) is 19.2 Å². The molecule has 6 rings (SSSR count). The highest BCUT2D eigenvalue weighted by Crippen LogP contribution is 2.33. The van der Waals surface area contributed by atoms with E-state index >= 15 is 4.39 Å². The lowest BCUT2D eigenvalue weighted by atomic mass is 9.92. The molecule has 2 aromatic carbocycles. The molecule has 1 saturated heterocycles. The largest absolute Gasteiger partial charge is 0.368 e. The van der Waals surface area contributed by atoms with Crippen molar-refractivity contribution in [1.29, 1.82) is 0 Å². The molecule has 2 aliphatic rings. The van der Waals surface area contributed by atoms with Crippen molar-refractivity contribution in [2.45, 2.75) is 26.8 Å². The number of amides is 1. The minimum Gasteiger partial charge on any atom is -0.368 e. The van der Waals surface area contributed by atoms with Gasteiger partial charge in [-0.25, -0.2) is 14.4 Å². The molecule has 4 aromatic rings. The number of nitrogens with one attached hydrogen (secondary N) is 2. The Morgan fingerprint density at radius 3 is 2.64 bits per heavy atom. The standard InChI is InChI=1S/C27H28FN7O/c1-16-21-14-29-8-7-19(21)13-22(28)24(16)27-30-15-23-26(31-27)25(33-32-23)18-3-5-20(6-4-18)35-11-9-34(10-12-35)17(2)36/h3-6,13,15,29H,7-12,14H2,1-2H3,(H,32,33). The summed E-state index contributed by atoms with van der Waals surface area (Å²) < 4.78 is 15.2. The van der Waals surface area contributed by atoms with Crippen molar-refractivity contribution in [2.24, 2.45) is 0 Å². The SMILES string of the molecule is CC(=O)N1CCN(c2ccc(-c3n[nH]c4cnc(-c5c(F)cc6c(c5C)CNCC6)nc34)cc2)CC1. The topological polar surface area (TPSA) is 90.0 Å². The van der Waals surface area contributed by atoms with Crippen LogP contribution >= 0.6 is 0 Å². The first-order chi connectivity index (χ1) is 17.5. The summed E-state index contributed by atoms with van der Waals surface area (Å²) in [6.07, 6.45) is 2.50. The lowest BCUT2D eigenvalue weighted by Crippen LogP contribution is -2.48. The molecule has 4 heterocycles.